The van der Waals surface area contributed by atoms with Crippen LogP contribution in [0.15, 0.2) is 79.3 Å². The SMILES string of the molecule is C#C.C=C(CC1CCNCC1)Nc1cncc(-c2ccc3[nH]nc(-c4cc(/C(=C\C)c5cc(N)cc(F)c5)c(C)[nH]4)c3c2)c1. The molecule has 0 atom stereocenters. The third-order valence-corrected chi connectivity index (χ3v) is 8.03. The Hall–Kier alpha value is -5.13. The topological polar surface area (TPSA) is 107 Å². The number of rotatable bonds is 8. The molecule has 8 heteroatoms. The van der Waals surface area contributed by atoms with Crippen LogP contribution in [0.1, 0.15) is 43.0 Å². The standard InChI is InChI=1S/C34H36FN7.C2H2/c1-4-29(24-12-26(35)16-27(36)13-24)30-17-33(40-21(30)3)34-31-15-23(5-6-32(31)41-42-34)25-14-28(19-38-18-25)39-20(2)11-22-7-9-37-10-8-22;1-2/h4-6,12-19,22,37,39-40H,2,7-11,36H2,1,3H3,(H,41,42);1-2H/b29-4-;. The lowest BCUT2D eigenvalue weighted by Crippen LogP contribution is -2.28. The highest BCUT2D eigenvalue weighted by atomic mass is 19.1. The average Bonchev–Trinajstić information content (AvgIpc) is 3.61. The largest absolute Gasteiger partial charge is 0.399 e. The zero-order chi connectivity index (χ0) is 31.2. The van der Waals surface area contributed by atoms with Gasteiger partial charge in [0.2, 0.25) is 0 Å². The number of aromatic nitrogens is 4. The molecule has 1 saturated heterocycles. The molecule has 1 aliphatic heterocycles. The highest BCUT2D eigenvalue weighted by Gasteiger charge is 2.18. The average molecular weight is 588 g/mol. The van der Waals surface area contributed by atoms with E-state index in [0.29, 0.717) is 11.6 Å². The molecule has 44 heavy (non-hydrogen) atoms. The molecule has 6 N–H and O–H groups in total. The molecule has 2 aromatic carbocycles. The fourth-order valence-electron chi connectivity index (χ4n) is 5.97. The van der Waals surface area contributed by atoms with Crippen molar-refractivity contribution in [1.82, 2.24) is 25.5 Å². The summed E-state index contributed by atoms with van der Waals surface area (Å²) < 4.78 is 14.2. The minimum Gasteiger partial charge on any atom is -0.399 e. The number of piperidine rings is 1. The van der Waals surface area contributed by atoms with E-state index >= 15 is 0 Å². The van der Waals surface area contributed by atoms with Crippen molar-refractivity contribution in [2.45, 2.75) is 33.1 Å². The van der Waals surface area contributed by atoms with Crippen LogP contribution in [0.25, 0.3) is 39.0 Å². The molecule has 4 heterocycles. The van der Waals surface area contributed by atoms with Crippen molar-refractivity contribution in [3.05, 3.63) is 102 Å². The number of nitrogens with one attached hydrogen (secondary N) is 4. The lowest BCUT2D eigenvalue weighted by atomic mass is 9.93. The number of hydrogen-bond donors (Lipinski definition) is 5. The van der Waals surface area contributed by atoms with Crippen LogP contribution in [0.5, 0.6) is 0 Å². The van der Waals surface area contributed by atoms with Gasteiger partial charge >= 0.3 is 0 Å². The van der Waals surface area contributed by atoms with Gasteiger partial charge in [-0.3, -0.25) is 10.1 Å². The highest BCUT2D eigenvalue weighted by molar-refractivity contribution is 5.96. The molecule has 7 nitrogen and oxygen atoms in total. The van der Waals surface area contributed by atoms with Crippen LogP contribution in [0.4, 0.5) is 15.8 Å². The molecule has 0 saturated carbocycles. The number of nitrogens with two attached hydrogens (primary N) is 1. The summed E-state index contributed by atoms with van der Waals surface area (Å²) in [5.74, 6) is 0.306. The first-order valence-corrected chi connectivity index (χ1v) is 14.7. The van der Waals surface area contributed by atoms with Crippen LogP contribution in [-0.4, -0.2) is 33.3 Å². The van der Waals surface area contributed by atoms with Crippen LogP contribution < -0.4 is 16.4 Å². The van der Waals surface area contributed by atoms with Crippen molar-refractivity contribution >= 4 is 27.9 Å². The fourth-order valence-corrected chi connectivity index (χ4v) is 5.97. The Labute approximate surface area is 257 Å². The highest BCUT2D eigenvalue weighted by Crippen LogP contribution is 2.35. The third-order valence-electron chi connectivity index (χ3n) is 8.03. The Morgan fingerprint density at radius 3 is 2.64 bits per heavy atom. The number of terminal acetylenes is 1. The van der Waals surface area contributed by atoms with Gasteiger partial charge in [0.1, 0.15) is 11.5 Å². The van der Waals surface area contributed by atoms with Crippen molar-refractivity contribution in [3.63, 3.8) is 0 Å². The van der Waals surface area contributed by atoms with Gasteiger partial charge in [-0.1, -0.05) is 18.7 Å². The number of nitrogen functional groups attached to an aromatic ring is 1. The molecule has 0 bridgehead atoms. The molecular weight excluding hydrogens is 549 g/mol. The second-order valence-electron chi connectivity index (χ2n) is 11.1. The number of aromatic amines is 2. The summed E-state index contributed by atoms with van der Waals surface area (Å²) in [7, 11) is 0. The molecule has 5 aromatic rings. The van der Waals surface area contributed by atoms with E-state index in [9.17, 15) is 4.39 Å². The molecule has 1 aliphatic rings. The first kappa shape index (κ1) is 30.3. The molecule has 0 unspecified atom stereocenters. The van der Waals surface area contributed by atoms with E-state index in [4.69, 9.17) is 5.73 Å². The molecule has 224 valence electrons. The molecule has 0 spiro atoms. The van der Waals surface area contributed by atoms with E-state index in [0.717, 1.165) is 86.7 Å². The number of benzene rings is 2. The lowest BCUT2D eigenvalue weighted by Gasteiger charge is -2.23. The molecule has 6 rings (SSSR count). The number of nitrogens with zero attached hydrogens (tertiary/aromatic N) is 2. The van der Waals surface area contributed by atoms with E-state index in [1.54, 1.807) is 6.07 Å². The van der Waals surface area contributed by atoms with Gasteiger partial charge in [0.25, 0.3) is 0 Å². The Balaban J connectivity index is 0.00000188. The maximum atomic E-state index is 14.2. The van der Waals surface area contributed by atoms with Gasteiger partial charge in [-0.05, 0) is 111 Å². The second-order valence-corrected chi connectivity index (χ2v) is 11.1. The van der Waals surface area contributed by atoms with Crippen LogP contribution in [0.3, 0.4) is 0 Å². The summed E-state index contributed by atoms with van der Waals surface area (Å²) in [5, 5.41) is 15.7. The van der Waals surface area contributed by atoms with Gasteiger partial charge in [-0.15, -0.1) is 12.8 Å². The first-order chi connectivity index (χ1) is 21.4. The molecular formula is C36H38FN7. The van der Waals surface area contributed by atoms with Crippen molar-refractivity contribution in [2.75, 3.05) is 24.1 Å². The minimum atomic E-state index is -0.358. The second kappa shape index (κ2) is 13.4. The van der Waals surface area contributed by atoms with Crippen molar-refractivity contribution in [3.8, 4) is 35.4 Å². The van der Waals surface area contributed by atoms with Gasteiger partial charge in [0.15, 0.2) is 0 Å². The van der Waals surface area contributed by atoms with Crippen LogP contribution in [0.2, 0.25) is 0 Å². The normalized spacial score (nSPS) is 13.8. The van der Waals surface area contributed by atoms with Crippen LogP contribution in [-0.2, 0) is 0 Å². The summed E-state index contributed by atoms with van der Waals surface area (Å²) in [6.45, 7) is 10.4. The lowest BCUT2D eigenvalue weighted by molar-refractivity contribution is 0.373. The summed E-state index contributed by atoms with van der Waals surface area (Å²) in [6.07, 6.45) is 17.0. The first-order valence-electron chi connectivity index (χ1n) is 14.7. The van der Waals surface area contributed by atoms with Gasteiger partial charge in [-0.25, -0.2) is 4.39 Å². The van der Waals surface area contributed by atoms with Crippen molar-refractivity contribution in [1.29, 1.82) is 0 Å². The number of aryl methyl sites for hydroxylation is 1. The quantitative estimate of drug-likeness (QED) is 0.0946. The number of fused-ring (bicyclic) bond motifs is 1. The number of anilines is 2. The zero-order valence-corrected chi connectivity index (χ0v) is 25.2. The molecule has 0 radical (unpaired) electrons. The number of H-pyrrole nitrogens is 2. The molecule has 3 aromatic heterocycles. The Morgan fingerprint density at radius 1 is 1.09 bits per heavy atom. The van der Waals surface area contributed by atoms with Gasteiger partial charge < -0.3 is 21.4 Å². The van der Waals surface area contributed by atoms with E-state index in [1.165, 1.54) is 25.0 Å². The third kappa shape index (κ3) is 6.59. The summed E-state index contributed by atoms with van der Waals surface area (Å²) in [5.41, 5.74) is 16.5. The summed E-state index contributed by atoms with van der Waals surface area (Å²) >= 11 is 0. The van der Waals surface area contributed by atoms with Gasteiger partial charge in [0, 0.05) is 39.8 Å². The smallest absolute Gasteiger partial charge is 0.125 e. The van der Waals surface area contributed by atoms with Crippen molar-refractivity contribution in [2.24, 2.45) is 5.92 Å². The Morgan fingerprint density at radius 2 is 1.89 bits per heavy atom. The van der Waals surface area contributed by atoms with E-state index in [2.05, 4.69) is 74.5 Å². The summed E-state index contributed by atoms with van der Waals surface area (Å²) in [6, 6.07) is 15.1. The Bertz CT molecular complexity index is 1820. The number of hydrogen-bond acceptors (Lipinski definition) is 5. The predicted octanol–water partition coefficient (Wildman–Crippen LogP) is 7.67. The van der Waals surface area contributed by atoms with Gasteiger partial charge in [0.05, 0.1) is 23.1 Å². The minimum absolute atomic E-state index is 0.358. The van der Waals surface area contributed by atoms with E-state index in [1.807, 2.05) is 38.4 Å². The van der Waals surface area contributed by atoms with E-state index < -0.39 is 0 Å². The van der Waals surface area contributed by atoms with Crippen molar-refractivity contribution < 1.29 is 4.39 Å². The molecule has 0 amide bonds. The molecule has 0 aliphatic carbocycles. The summed E-state index contributed by atoms with van der Waals surface area (Å²) in [4.78, 5) is 8.00. The van der Waals surface area contributed by atoms with Crippen LogP contribution >= 0.6 is 0 Å². The number of halogens is 1. The maximum Gasteiger partial charge on any atom is 0.125 e. The van der Waals surface area contributed by atoms with Crippen LogP contribution in [0, 0.1) is 31.5 Å². The maximum absolute atomic E-state index is 14.2. The monoisotopic (exact) mass is 587 g/mol. The zero-order valence-electron chi connectivity index (χ0n) is 25.2. The predicted molar refractivity (Wildman–Crippen MR) is 180 cm³/mol. The number of pyridine rings is 1. The number of allylic oxidation sites excluding steroid dienone is 2. The van der Waals surface area contributed by atoms with E-state index in [-0.39, 0.29) is 5.82 Å². The molecule has 1 fully saturated rings. The Kier molecular flexibility index (Phi) is 9.27. The fraction of sp³-hybridized carbons (Fsp3) is 0.222. The van der Waals surface area contributed by atoms with Gasteiger partial charge in [-0.2, -0.15) is 5.10 Å².